The predicted molar refractivity (Wildman–Crippen MR) is 119 cm³/mol. The molecule has 164 valence electrons. The summed E-state index contributed by atoms with van der Waals surface area (Å²) in [5.74, 6) is -1.74. The van der Waals surface area contributed by atoms with Crippen molar-refractivity contribution >= 4 is 17.4 Å². The van der Waals surface area contributed by atoms with Crippen LogP contribution in [0, 0.1) is 16.0 Å². The number of Topliss-reactive ketones (excluding diaryl/α,β-unsaturated/α-hetero) is 1. The molecule has 4 rings (SSSR count). The average Bonchev–Trinajstić information content (AvgIpc) is 2.79. The summed E-state index contributed by atoms with van der Waals surface area (Å²) in [7, 11) is 0. The van der Waals surface area contributed by atoms with Crippen LogP contribution in [0.1, 0.15) is 36.8 Å². The fourth-order valence-electron chi connectivity index (χ4n) is 4.46. The first kappa shape index (κ1) is 21.5. The molecular weight excluding hydrogens is 408 g/mol. The number of allylic oxidation sites excluding steroid dienone is 3. The Morgan fingerprint density at radius 3 is 2.69 bits per heavy atom. The van der Waals surface area contributed by atoms with Crippen LogP contribution in [0.15, 0.2) is 77.6 Å². The molecule has 2 atom stereocenters. The van der Waals surface area contributed by atoms with Crippen molar-refractivity contribution in [3.63, 3.8) is 0 Å². The van der Waals surface area contributed by atoms with Gasteiger partial charge < -0.3 is 10.1 Å². The van der Waals surface area contributed by atoms with Gasteiger partial charge in [-0.05, 0) is 24.5 Å². The number of hydrogen-bond donors (Lipinski definition) is 1. The summed E-state index contributed by atoms with van der Waals surface area (Å²) in [5.41, 5.74) is 3.22. The summed E-state index contributed by atoms with van der Waals surface area (Å²) in [4.78, 5) is 37.0. The molecule has 2 aromatic carbocycles. The molecule has 2 unspecified atom stereocenters. The molecule has 2 aliphatic rings. The van der Waals surface area contributed by atoms with Crippen LogP contribution in [-0.4, -0.2) is 23.3 Å². The van der Waals surface area contributed by atoms with Crippen molar-refractivity contribution < 1.29 is 19.2 Å². The summed E-state index contributed by atoms with van der Waals surface area (Å²) < 4.78 is 5.60. The predicted octanol–water partition coefficient (Wildman–Crippen LogP) is 4.20. The monoisotopic (exact) mass is 432 g/mol. The first-order valence-electron chi connectivity index (χ1n) is 10.6. The minimum absolute atomic E-state index is 0.00796. The van der Waals surface area contributed by atoms with Crippen LogP contribution < -0.4 is 5.32 Å². The Labute approximate surface area is 185 Å². The number of nitro groups is 1. The smallest absolute Gasteiger partial charge is 0.336 e. The third-order valence-electron chi connectivity index (χ3n) is 5.94. The zero-order valence-corrected chi connectivity index (χ0v) is 17.7. The zero-order valence-electron chi connectivity index (χ0n) is 17.7. The summed E-state index contributed by atoms with van der Waals surface area (Å²) in [6.45, 7) is 1.97. The lowest BCUT2D eigenvalue weighted by Crippen LogP contribution is -2.40. The minimum Gasteiger partial charge on any atom is -0.462 e. The van der Waals surface area contributed by atoms with Gasteiger partial charge in [-0.2, -0.15) is 0 Å². The van der Waals surface area contributed by atoms with Gasteiger partial charge in [0, 0.05) is 42.3 Å². The number of fused-ring (bicyclic) bond motifs is 1. The highest BCUT2D eigenvalue weighted by molar-refractivity contribution is 5.96. The first-order chi connectivity index (χ1) is 15.5. The van der Waals surface area contributed by atoms with Gasteiger partial charge in [-0.15, -0.1) is 0 Å². The molecule has 0 saturated carbocycles. The molecule has 1 aliphatic heterocycles. The Kier molecular flexibility index (Phi) is 6.16. The number of benzene rings is 2. The van der Waals surface area contributed by atoms with Crippen molar-refractivity contribution in [3.8, 4) is 0 Å². The second-order valence-corrected chi connectivity index (χ2v) is 8.01. The number of ether oxygens (including phenoxy) is 1. The fraction of sp³-hybridized carbons (Fsp3) is 0.280. The first-order valence-corrected chi connectivity index (χ1v) is 10.6. The van der Waals surface area contributed by atoms with E-state index in [4.69, 9.17) is 4.74 Å². The van der Waals surface area contributed by atoms with E-state index in [1.807, 2.05) is 36.4 Å². The maximum absolute atomic E-state index is 13.2. The highest BCUT2D eigenvalue weighted by atomic mass is 16.6. The van der Waals surface area contributed by atoms with Crippen LogP contribution in [0.2, 0.25) is 0 Å². The lowest BCUT2D eigenvalue weighted by molar-refractivity contribution is -0.384. The van der Waals surface area contributed by atoms with Gasteiger partial charge in [-0.25, -0.2) is 4.79 Å². The van der Waals surface area contributed by atoms with E-state index < -0.39 is 22.7 Å². The zero-order chi connectivity index (χ0) is 22.7. The van der Waals surface area contributed by atoms with E-state index in [1.165, 1.54) is 12.1 Å². The van der Waals surface area contributed by atoms with Crippen LogP contribution in [-0.2, 0) is 20.7 Å². The molecule has 7 heteroatoms. The van der Waals surface area contributed by atoms with E-state index in [-0.39, 0.29) is 18.1 Å². The molecular formula is C25H24N2O5. The maximum Gasteiger partial charge on any atom is 0.336 e. The molecule has 2 aromatic rings. The number of hydrogen-bond acceptors (Lipinski definition) is 6. The number of esters is 1. The standard InChI is InChI=1S/C25H24N2O5/c1-16-22(25(29)32-14-13-17-7-3-2-4-8-17)23(18-9-5-10-19(15-18)27(30)31)24-20(26-16)11-6-12-21(24)28/h2-5,7-11,15,23-24,26H,6,12-14H2,1H3. The molecule has 0 saturated heterocycles. The van der Waals surface area contributed by atoms with Crippen molar-refractivity contribution in [1.29, 1.82) is 0 Å². The van der Waals surface area contributed by atoms with Crippen molar-refractivity contribution in [2.24, 2.45) is 5.92 Å². The highest BCUT2D eigenvalue weighted by Gasteiger charge is 2.43. The Morgan fingerprint density at radius 2 is 1.94 bits per heavy atom. The normalized spacial score (nSPS) is 20.2. The highest BCUT2D eigenvalue weighted by Crippen LogP contribution is 2.44. The molecule has 0 fully saturated rings. The lowest BCUT2D eigenvalue weighted by atomic mass is 9.71. The molecule has 1 heterocycles. The van der Waals surface area contributed by atoms with Gasteiger partial charge in [0.05, 0.1) is 23.0 Å². The number of nitrogens with one attached hydrogen (secondary N) is 1. The third-order valence-corrected chi connectivity index (χ3v) is 5.94. The van der Waals surface area contributed by atoms with E-state index in [0.717, 1.165) is 11.3 Å². The molecule has 0 aromatic heterocycles. The van der Waals surface area contributed by atoms with E-state index in [1.54, 1.807) is 19.1 Å². The number of rotatable bonds is 6. The second kappa shape index (κ2) is 9.18. The van der Waals surface area contributed by atoms with Crippen LogP contribution in [0.3, 0.4) is 0 Å². The molecule has 1 N–H and O–H groups in total. The summed E-state index contributed by atoms with van der Waals surface area (Å²) in [6, 6.07) is 15.9. The Balaban J connectivity index is 1.67. The maximum atomic E-state index is 13.2. The van der Waals surface area contributed by atoms with Gasteiger partial charge in [0.15, 0.2) is 0 Å². The van der Waals surface area contributed by atoms with Crippen LogP contribution in [0.5, 0.6) is 0 Å². The van der Waals surface area contributed by atoms with E-state index in [0.29, 0.717) is 36.1 Å². The van der Waals surface area contributed by atoms with E-state index in [2.05, 4.69) is 5.32 Å². The Hall–Kier alpha value is -3.74. The number of nitrogens with zero attached hydrogens (tertiary/aromatic N) is 1. The van der Waals surface area contributed by atoms with Gasteiger partial charge in [0.25, 0.3) is 5.69 Å². The molecule has 1 aliphatic carbocycles. The van der Waals surface area contributed by atoms with Crippen LogP contribution >= 0.6 is 0 Å². The van der Waals surface area contributed by atoms with Crippen molar-refractivity contribution in [2.75, 3.05) is 6.61 Å². The molecule has 0 amide bonds. The van der Waals surface area contributed by atoms with Gasteiger partial charge in [-0.1, -0.05) is 48.5 Å². The number of non-ortho nitro benzene ring substituents is 1. The van der Waals surface area contributed by atoms with E-state index in [9.17, 15) is 19.7 Å². The number of carbonyl (C=O) groups is 2. The summed E-state index contributed by atoms with van der Waals surface area (Å²) in [5, 5.41) is 14.6. The molecule has 0 radical (unpaired) electrons. The van der Waals surface area contributed by atoms with Gasteiger partial charge in [-0.3, -0.25) is 14.9 Å². The van der Waals surface area contributed by atoms with Crippen molar-refractivity contribution in [3.05, 3.63) is 98.9 Å². The fourth-order valence-corrected chi connectivity index (χ4v) is 4.46. The molecule has 0 spiro atoms. The average molecular weight is 432 g/mol. The van der Waals surface area contributed by atoms with Crippen molar-refractivity contribution in [2.45, 2.75) is 32.1 Å². The minimum atomic E-state index is -0.639. The lowest BCUT2D eigenvalue weighted by Gasteiger charge is -2.37. The SMILES string of the molecule is CC1=C(C(=O)OCCc2ccccc2)C(c2cccc([N+](=O)[O-])c2)C2C(=O)CCC=C2N1. The quantitative estimate of drug-likeness (QED) is 0.417. The number of nitro benzene ring substituents is 1. The number of ketones is 1. The molecule has 7 nitrogen and oxygen atoms in total. The summed E-state index contributed by atoms with van der Waals surface area (Å²) in [6.07, 6.45) is 3.54. The Bertz CT molecular complexity index is 1120. The molecule has 0 bridgehead atoms. The third kappa shape index (κ3) is 4.32. The van der Waals surface area contributed by atoms with Crippen LogP contribution in [0.4, 0.5) is 5.69 Å². The van der Waals surface area contributed by atoms with E-state index >= 15 is 0 Å². The molecule has 32 heavy (non-hydrogen) atoms. The van der Waals surface area contributed by atoms with Crippen molar-refractivity contribution in [1.82, 2.24) is 5.32 Å². The number of carbonyl (C=O) groups excluding carboxylic acids is 2. The largest absolute Gasteiger partial charge is 0.462 e. The second-order valence-electron chi connectivity index (χ2n) is 8.01. The van der Waals surface area contributed by atoms with Gasteiger partial charge >= 0.3 is 5.97 Å². The Morgan fingerprint density at radius 1 is 1.16 bits per heavy atom. The topological polar surface area (TPSA) is 98.5 Å². The van der Waals surface area contributed by atoms with Gasteiger partial charge in [0.2, 0.25) is 0 Å². The van der Waals surface area contributed by atoms with Crippen LogP contribution in [0.25, 0.3) is 0 Å². The van der Waals surface area contributed by atoms with Gasteiger partial charge in [0.1, 0.15) is 5.78 Å². The summed E-state index contributed by atoms with van der Waals surface area (Å²) >= 11 is 0.